The van der Waals surface area contributed by atoms with E-state index in [4.69, 9.17) is 14.4 Å². The Bertz CT molecular complexity index is 1570. The van der Waals surface area contributed by atoms with Crippen LogP contribution in [0, 0.1) is 43.8 Å². The molecule has 0 radical (unpaired) electrons. The van der Waals surface area contributed by atoms with Crippen LogP contribution >= 0.6 is 0 Å². The molecule has 6 nitrogen and oxygen atoms in total. The third kappa shape index (κ3) is 28.0. The van der Waals surface area contributed by atoms with Crippen molar-refractivity contribution in [2.45, 2.75) is 147 Å². The molecule has 298 valence electrons. The molecule has 54 heavy (non-hydrogen) atoms. The van der Waals surface area contributed by atoms with Crippen molar-refractivity contribution in [2.75, 3.05) is 0 Å². The molecule has 4 aromatic rings. The van der Waals surface area contributed by atoms with Gasteiger partial charge in [-0.1, -0.05) is 123 Å². The highest BCUT2D eigenvalue weighted by Crippen LogP contribution is 2.14. The molecule has 4 rings (SSSR count). The number of aldehydes is 1. The van der Waals surface area contributed by atoms with E-state index in [2.05, 4.69) is 78.4 Å². The lowest BCUT2D eigenvalue weighted by Crippen LogP contribution is -2.00. The van der Waals surface area contributed by atoms with Crippen molar-refractivity contribution < 1.29 is 18.3 Å². The predicted molar refractivity (Wildman–Crippen MR) is 226 cm³/mol. The molecule has 7 heteroatoms. The number of allylic oxidation sites excluding steroid dienone is 2. The standard InChI is InChI=1S/C14H11FN2O.C9H10O.C8H16.C7H11NO.C5H12.C4H10/c1-10-3-2-4-14(17-10)18-9-12-6-5-11(8-16)7-13(12)15;1-7-3-4-9(6-10)5-8(7)2;1-5-8(4)6-7(2)3;1-2-3-4-7-8-5-6-9-7;1-3-5-4-2;1-3-4-2/h2-7H,9H2,1H3;3-6H,1-2H3;5,7H,6H2,1-4H3;5-6H,2-4H2,1H3;3-5H2,1-2H3;3-4H2,1-2H3/b;;8-5+;;;. The molecule has 0 bridgehead atoms. The fraction of sp³-hybridized carbons (Fsp3) is 0.489. The Hall–Kier alpha value is -4.57. The van der Waals surface area contributed by atoms with Crippen molar-refractivity contribution >= 4 is 6.29 Å². The van der Waals surface area contributed by atoms with Gasteiger partial charge in [-0.15, -0.1) is 0 Å². The fourth-order valence-electron chi connectivity index (χ4n) is 4.14. The highest BCUT2D eigenvalue weighted by atomic mass is 19.1. The van der Waals surface area contributed by atoms with E-state index in [1.807, 2.05) is 57.2 Å². The van der Waals surface area contributed by atoms with Gasteiger partial charge in [0.05, 0.1) is 17.8 Å². The molecule has 0 unspecified atom stereocenters. The van der Waals surface area contributed by atoms with Crippen LogP contribution in [0.2, 0.25) is 0 Å². The highest BCUT2D eigenvalue weighted by molar-refractivity contribution is 5.75. The van der Waals surface area contributed by atoms with Gasteiger partial charge in [-0.3, -0.25) is 4.79 Å². The lowest BCUT2D eigenvalue weighted by molar-refractivity contribution is 0.112. The Labute approximate surface area is 328 Å². The van der Waals surface area contributed by atoms with Crippen molar-refractivity contribution in [1.82, 2.24) is 9.97 Å². The smallest absolute Gasteiger partial charge is 0.213 e. The van der Waals surface area contributed by atoms with Crippen LogP contribution in [0.4, 0.5) is 4.39 Å². The van der Waals surface area contributed by atoms with Crippen LogP contribution in [0.25, 0.3) is 0 Å². The van der Waals surface area contributed by atoms with Gasteiger partial charge in [0.2, 0.25) is 5.88 Å². The number of nitriles is 1. The minimum Gasteiger partial charge on any atom is -0.473 e. The number of pyridine rings is 1. The number of aromatic nitrogens is 2. The number of oxazole rings is 1. The van der Waals surface area contributed by atoms with Gasteiger partial charge in [0.15, 0.2) is 5.89 Å². The molecule has 0 aliphatic heterocycles. The SMILES string of the molecule is C/C=C(\C)CC(C)C.CCCC.CCCCC.CCCCc1ncco1.Cc1ccc(C=O)cc1C.Cc1cccc(OCc2ccc(C#N)cc2F)n1. The average Bonchev–Trinajstić information content (AvgIpc) is 3.69. The zero-order chi connectivity index (χ0) is 41.1. The molecule has 0 atom stereocenters. The van der Waals surface area contributed by atoms with Gasteiger partial charge in [-0.2, -0.15) is 5.26 Å². The van der Waals surface area contributed by atoms with Crippen LogP contribution in [0.3, 0.4) is 0 Å². The first-order chi connectivity index (χ1) is 25.8. The maximum absolute atomic E-state index is 13.6. The van der Waals surface area contributed by atoms with Gasteiger partial charge < -0.3 is 9.15 Å². The topological polar surface area (TPSA) is 89.0 Å². The molecular formula is C47H70FN3O3. The van der Waals surface area contributed by atoms with E-state index in [1.54, 1.807) is 30.7 Å². The largest absolute Gasteiger partial charge is 0.473 e. The van der Waals surface area contributed by atoms with E-state index < -0.39 is 5.82 Å². The molecule has 0 amide bonds. The summed E-state index contributed by atoms with van der Waals surface area (Å²) in [6, 6.07) is 17.3. The van der Waals surface area contributed by atoms with Crippen molar-refractivity contribution in [3.63, 3.8) is 0 Å². The summed E-state index contributed by atoms with van der Waals surface area (Å²) in [5, 5.41) is 8.63. The van der Waals surface area contributed by atoms with E-state index in [0.29, 0.717) is 17.0 Å². The highest BCUT2D eigenvalue weighted by Gasteiger charge is 2.05. The van der Waals surface area contributed by atoms with Crippen molar-refractivity contribution in [2.24, 2.45) is 5.92 Å². The second kappa shape index (κ2) is 34.2. The van der Waals surface area contributed by atoms with Crippen LogP contribution in [-0.4, -0.2) is 16.3 Å². The number of hydrogen-bond donors (Lipinski definition) is 0. The van der Waals surface area contributed by atoms with Crippen molar-refractivity contribution in [3.8, 4) is 11.9 Å². The lowest BCUT2D eigenvalue weighted by Gasteiger charge is -2.06. The molecule has 0 saturated carbocycles. The number of nitrogens with zero attached hydrogens (tertiary/aromatic N) is 3. The molecule has 2 aromatic heterocycles. The molecule has 2 heterocycles. The van der Waals surface area contributed by atoms with E-state index in [0.717, 1.165) is 35.8 Å². The Morgan fingerprint density at radius 3 is 2.00 bits per heavy atom. The number of rotatable bonds is 12. The zero-order valence-electron chi connectivity index (χ0n) is 35.6. The van der Waals surface area contributed by atoms with Gasteiger partial charge in [0.25, 0.3) is 0 Å². The first-order valence-corrected chi connectivity index (χ1v) is 19.6. The van der Waals surface area contributed by atoms with Crippen LogP contribution in [0.15, 0.2) is 83.1 Å². The van der Waals surface area contributed by atoms with Gasteiger partial charge in [-0.25, -0.2) is 14.4 Å². The van der Waals surface area contributed by atoms with Gasteiger partial charge in [-0.05, 0) is 88.8 Å². The van der Waals surface area contributed by atoms with E-state index in [9.17, 15) is 9.18 Å². The summed E-state index contributed by atoms with van der Waals surface area (Å²) in [5.41, 5.74) is 6.19. The molecule has 0 aliphatic carbocycles. The van der Waals surface area contributed by atoms with Gasteiger partial charge >= 0.3 is 0 Å². The number of hydrogen-bond acceptors (Lipinski definition) is 6. The monoisotopic (exact) mass is 744 g/mol. The fourth-order valence-corrected chi connectivity index (χ4v) is 4.14. The molecule has 0 spiro atoms. The summed E-state index contributed by atoms with van der Waals surface area (Å²) < 4.78 is 24.0. The summed E-state index contributed by atoms with van der Waals surface area (Å²) in [5.74, 6) is 1.68. The summed E-state index contributed by atoms with van der Waals surface area (Å²) in [6.45, 7) is 25.7. The average molecular weight is 744 g/mol. The molecule has 0 saturated heterocycles. The summed E-state index contributed by atoms with van der Waals surface area (Å²) in [7, 11) is 0. The molecule has 0 aliphatic rings. The Kier molecular flexibility index (Phi) is 32.7. The quantitative estimate of drug-likeness (QED) is 0.106. The number of benzene rings is 2. The van der Waals surface area contributed by atoms with E-state index in [-0.39, 0.29) is 6.61 Å². The summed E-state index contributed by atoms with van der Waals surface area (Å²) in [6.07, 6.45) is 17.7. The van der Waals surface area contributed by atoms with Gasteiger partial charge in [0.1, 0.15) is 25.0 Å². The number of ether oxygens (including phenoxy) is 1. The predicted octanol–water partition coefficient (Wildman–Crippen LogP) is 14.1. The number of carbonyl (C=O) groups excluding carboxylic acids is 1. The Morgan fingerprint density at radius 2 is 1.57 bits per heavy atom. The minimum atomic E-state index is -0.443. The number of unbranched alkanes of at least 4 members (excludes halogenated alkanes) is 4. The number of carbonyl (C=O) groups is 1. The van der Waals surface area contributed by atoms with Crippen LogP contribution < -0.4 is 4.74 Å². The summed E-state index contributed by atoms with van der Waals surface area (Å²) >= 11 is 0. The van der Waals surface area contributed by atoms with Crippen molar-refractivity contribution in [3.05, 3.63) is 124 Å². The maximum Gasteiger partial charge on any atom is 0.213 e. The summed E-state index contributed by atoms with van der Waals surface area (Å²) in [4.78, 5) is 18.4. The van der Waals surface area contributed by atoms with Crippen LogP contribution in [0.5, 0.6) is 5.88 Å². The zero-order valence-corrected chi connectivity index (χ0v) is 35.6. The van der Waals surface area contributed by atoms with E-state index >= 15 is 0 Å². The lowest BCUT2D eigenvalue weighted by atomic mass is 10.0. The first-order valence-electron chi connectivity index (χ1n) is 19.6. The van der Waals surface area contributed by atoms with Crippen molar-refractivity contribution in [1.29, 1.82) is 5.26 Å². The Morgan fingerprint density at radius 1 is 0.907 bits per heavy atom. The third-order valence-corrected chi connectivity index (χ3v) is 7.75. The number of aryl methyl sites for hydroxylation is 4. The molecule has 2 aromatic carbocycles. The van der Waals surface area contributed by atoms with Crippen LogP contribution in [-0.2, 0) is 13.0 Å². The Balaban J connectivity index is 0. The van der Waals surface area contributed by atoms with E-state index in [1.165, 1.54) is 74.1 Å². The minimum absolute atomic E-state index is 0.0913. The van der Waals surface area contributed by atoms with Gasteiger partial charge in [0, 0.05) is 29.3 Å². The van der Waals surface area contributed by atoms with Crippen LogP contribution in [0.1, 0.15) is 158 Å². The normalized spacial score (nSPS) is 9.91. The maximum atomic E-state index is 13.6. The molecule has 0 fully saturated rings. The second-order valence-corrected chi connectivity index (χ2v) is 13.4. The number of halogens is 1. The second-order valence-electron chi connectivity index (χ2n) is 13.4. The third-order valence-electron chi connectivity index (χ3n) is 7.75. The molecule has 0 N–H and O–H groups in total. The molecular weight excluding hydrogens is 674 g/mol. The first kappa shape index (κ1) is 51.5.